The number of H-pyrrole nitrogens is 1. The Hall–Kier alpha value is -4.01. The van der Waals surface area contributed by atoms with Crippen molar-refractivity contribution in [3.63, 3.8) is 0 Å². The molecule has 0 saturated carbocycles. The van der Waals surface area contributed by atoms with Crippen LogP contribution < -0.4 is 15.0 Å². The minimum absolute atomic E-state index is 0.181. The first-order valence-electron chi connectivity index (χ1n) is 11.1. The zero-order valence-corrected chi connectivity index (χ0v) is 18.7. The molecular formula is C24H26N8O. The summed E-state index contributed by atoms with van der Waals surface area (Å²) in [7, 11) is 0. The third-order valence-corrected chi connectivity index (χ3v) is 5.51. The fraction of sp³-hybridized carbons (Fsp3) is 0.292. The van der Waals surface area contributed by atoms with E-state index < -0.39 is 0 Å². The molecule has 0 spiro atoms. The van der Waals surface area contributed by atoms with Crippen LogP contribution in [0.15, 0.2) is 54.9 Å². The minimum Gasteiger partial charge on any atom is -0.474 e. The predicted octanol–water partition coefficient (Wildman–Crippen LogP) is 4.06. The molecule has 4 aromatic heterocycles. The predicted molar refractivity (Wildman–Crippen MR) is 127 cm³/mol. The van der Waals surface area contributed by atoms with Crippen molar-refractivity contribution in [2.24, 2.45) is 0 Å². The first-order valence-corrected chi connectivity index (χ1v) is 11.1. The van der Waals surface area contributed by atoms with Crippen molar-refractivity contribution < 1.29 is 4.74 Å². The second-order valence-electron chi connectivity index (χ2n) is 8.16. The van der Waals surface area contributed by atoms with Gasteiger partial charge in [-0.3, -0.25) is 5.10 Å². The highest BCUT2D eigenvalue weighted by molar-refractivity contribution is 5.61. The summed E-state index contributed by atoms with van der Waals surface area (Å²) in [5.74, 6) is 3.69. The van der Waals surface area contributed by atoms with E-state index in [-0.39, 0.29) is 6.10 Å². The quantitative estimate of drug-likeness (QED) is 0.461. The number of anilines is 3. The van der Waals surface area contributed by atoms with E-state index in [1.165, 1.54) is 0 Å². The number of nitrogens with one attached hydrogen (secondary N) is 2. The van der Waals surface area contributed by atoms with E-state index in [2.05, 4.69) is 40.3 Å². The molecule has 168 valence electrons. The van der Waals surface area contributed by atoms with Crippen LogP contribution in [0.5, 0.6) is 5.88 Å². The third kappa shape index (κ3) is 5.08. The van der Waals surface area contributed by atoms with E-state index in [4.69, 9.17) is 4.74 Å². The number of pyridine rings is 2. The van der Waals surface area contributed by atoms with E-state index in [0.717, 1.165) is 54.5 Å². The van der Waals surface area contributed by atoms with Gasteiger partial charge in [0.2, 0.25) is 5.88 Å². The van der Waals surface area contributed by atoms with E-state index >= 15 is 0 Å². The average molecular weight is 443 g/mol. The first kappa shape index (κ1) is 20.9. The Labute approximate surface area is 192 Å². The number of aromatic amines is 1. The van der Waals surface area contributed by atoms with Gasteiger partial charge in [0.05, 0.1) is 0 Å². The van der Waals surface area contributed by atoms with Crippen LogP contribution in [-0.2, 0) is 0 Å². The maximum Gasteiger partial charge on any atom is 0.213 e. The van der Waals surface area contributed by atoms with Gasteiger partial charge in [0.1, 0.15) is 17.7 Å². The molecule has 0 aromatic carbocycles. The number of ether oxygens (including phenoxy) is 1. The Kier molecular flexibility index (Phi) is 5.84. The van der Waals surface area contributed by atoms with Crippen LogP contribution in [0.1, 0.15) is 24.2 Å². The van der Waals surface area contributed by atoms with Gasteiger partial charge in [0.15, 0.2) is 11.6 Å². The topological polar surface area (TPSA) is 105 Å². The Morgan fingerprint density at radius 2 is 1.88 bits per heavy atom. The lowest BCUT2D eigenvalue weighted by Crippen LogP contribution is -2.38. The monoisotopic (exact) mass is 442 g/mol. The first-order chi connectivity index (χ1) is 16.1. The second kappa shape index (κ2) is 9.23. The number of nitrogens with zero attached hydrogens (tertiary/aromatic N) is 6. The fourth-order valence-electron chi connectivity index (χ4n) is 3.87. The summed E-state index contributed by atoms with van der Waals surface area (Å²) >= 11 is 0. The zero-order valence-electron chi connectivity index (χ0n) is 18.7. The SMILES string of the molecule is Cc1cc(Nc2cc(C)[nH]n2)nc(-c2ccc(N3CCC(Oc4ccccn4)CC3)nc2)n1. The molecule has 2 N–H and O–H groups in total. The van der Waals surface area contributed by atoms with Crippen molar-refractivity contribution >= 4 is 17.5 Å². The van der Waals surface area contributed by atoms with Gasteiger partial charge in [-0.1, -0.05) is 6.07 Å². The van der Waals surface area contributed by atoms with Crippen molar-refractivity contribution in [1.29, 1.82) is 0 Å². The summed E-state index contributed by atoms with van der Waals surface area (Å²) < 4.78 is 6.00. The number of hydrogen-bond donors (Lipinski definition) is 2. The Morgan fingerprint density at radius 3 is 2.58 bits per heavy atom. The normalized spacial score (nSPS) is 14.3. The van der Waals surface area contributed by atoms with Crippen molar-refractivity contribution in [3.8, 4) is 17.3 Å². The van der Waals surface area contributed by atoms with Crippen LogP contribution in [0.3, 0.4) is 0 Å². The molecule has 1 saturated heterocycles. The third-order valence-electron chi connectivity index (χ3n) is 5.51. The maximum absolute atomic E-state index is 6.00. The average Bonchev–Trinajstić information content (AvgIpc) is 3.24. The lowest BCUT2D eigenvalue weighted by atomic mass is 10.1. The molecule has 9 heteroatoms. The van der Waals surface area contributed by atoms with Crippen LogP contribution in [-0.4, -0.2) is 49.3 Å². The van der Waals surface area contributed by atoms with Gasteiger partial charge in [-0.2, -0.15) is 5.10 Å². The van der Waals surface area contributed by atoms with E-state index in [1.54, 1.807) is 6.20 Å². The molecule has 1 aliphatic heterocycles. The molecule has 0 unspecified atom stereocenters. The van der Waals surface area contributed by atoms with Gasteiger partial charge in [0, 0.05) is 73.5 Å². The van der Waals surface area contributed by atoms with E-state index in [9.17, 15) is 0 Å². The Bertz CT molecular complexity index is 1200. The van der Waals surface area contributed by atoms with Crippen LogP contribution in [0.2, 0.25) is 0 Å². The molecule has 0 aliphatic carbocycles. The summed E-state index contributed by atoms with van der Waals surface area (Å²) in [6.07, 6.45) is 5.64. The summed E-state index contributed by atoms with van der Waals surface area (Å²) in [5.41, 5.74) is 2.72. The maximum atomic E-state index is 6.00. The van der Waals surface area contributed by atoms with Crippen LogP contribution in [0.4, 0.5) is 17.5 Å². The molecule has 0 atom stereocenters. The number of rotatable bonds is 6. The summed E-state index contributed by atoms with van der Waals surface area (Å²) in [6, 6.07) is 13.6. The molecule has 1 fully saturated rings. The molecule has 5 rings (SSSR count). The van der Waals surface area contributed by atoms with Crippen molar-refractivity contribution in [3.05, 3.63) is 66.2 Å². The number of aryl methyl sites for hydroxylation is 2. The molecule has 0 amide bonds. The second-order valence-corrected chi connectivity index (χ2v) is 8.16. The summed E-state index contributed by atoms with van der Waals surface area (Å²) in [6.45, 7) is 5.69. The molecule has 9 nitrogen and oxygen atoms in total. The highest BCUT2D eigenvalue weighted by Crippen LogP contribution is 2.24. The molecule has 0 radical (unpaired) electrons. The lowest BCUT2D eigenvalue weighted by Gasteiger charge is -2.32. The fourth-order valence-corrected chi connectivity index (χ4v) is 3.87. The summed E-state index contributed by atoms with van der Waals surface area (Å²) in [5, 5.41) is 10.4. The molecule has 1 aliphatic rings. The standard InChI is InChI=1S/C24H26N8O/c1-16-13-20(28-21-14-17(2)30-31-21)29-24(27-16)18-6-7-22(26-15-18)32-11-8-19(9-12-32)33-23-5-3-4-10-25-23/h3-7,10,13-15,19H,8-9,11-12H2,1-2H3,(H2,27,28,29,30,31). The number of aromatic nitrogens is 6. The van der Waals surface area contributed by atoms with Gasteiger partial charge in [-0.15, -0.1) is 0 Å². The van der Waals surface area contributed by atoms with Crippen molar-refractivity contribution in [2.45, 2.75) is 32.8 Å². The van der Waals surface area contributed by atoms with Gasteiger partial charge in [-0.25, -0.2) is 19.9 Å². The van der Waals surface area contributed by atoms with Crippen LogP contribution in [0.25, 0.3) is 11.4 Å². The smallest absolute Gasteiger partial charge is 0.213 e. The minimum atomic E-state index is 0.181. The summed E-state index contributed by atoms with van der Waals surface area (Å²) in [4.78, 5) is 20.5. The highest BCUT2D eigenvalue weighted by atomic mass is 16.5. The van der Waals surface area contributed by atoms with E-state index in [0.29, 0.717) is 17.5 Å². The van der Waals surface area contributed by atoms with Crippen LogP contribution in [0, 0.1) is 13.8 Å². The van der Waals surface area contributed by atoms with Gasteiger partial charge in [-0.05, 0) is 32.0 Å². The Morgan fingerprint density at radius 1 is 1.00 bits per heavy atom. The molecule has 4 aromatic rings. The lowest BCUT2D eigenvalue weighted by molar-refractivity contribution is 0.164. The number of piperidine rings is 1. The van der Waals surface area contributed by atoms with Gasteiger partial charge in [0.25, 0.3) is 0 Å². The highest BCUT2D eigenvalue weighted by Gasteiger charge is 2.22. The van der Waals surface area contributed by atoms with Crippen molar-refractivity contribution in [2.75, 3.05) is 23.3 Å². The van der Waals surface area contributed by atoms with Crippen molar-refractivity contribution in [1.82, 2.24) is 30.1 Å². The molecule has 5 heterocycles. The molecule has 0 bridgehead atoms. The largest absolute Gasteiger partial charge is 0.474 e. The molecule has 33 heavy (non-hydrogen) atoms. The van der Waals surface area contributed by atoms with E-state index in [1.807, 2.05) is 62.5 Å². The molecular weight excluding hydrogens is 416 g/mol. The van der Waals surface area contributed by atoms with Gasteiger partial charge < -0.3 is 15.0 Å². The van der Waals surface area contributed by atoms with Crippen LogP contribution >= 0.6 is 0 Å². The number of hydrogen-bond acceptors (Lipinski definition) is 8. The Balaban J connectivity index is 1.23. The zero-order chi connectivity index (χ0) is 22.6. The van der Waals surface area contributed by atoms with Gasteiger partial charge >= 0.3 is 0 Å².